The number of hydrogen-bond acceptors (Lipinski definition) is 3. The predicted octanol–water partition coefficient (Wildman–Crippen LogP) is 17.7. The normalized spacial score (nSPS) is 13.5. The van der Waals surface area contributed by atoms with Gasteiger partial charge in [0.05, 0.1) is 11.4 Å². The minimum absolute atomic E-state index is 0.0752. The van der Waals surface area contributed by atoms with Crippen molar-refractivity contribution in [1.29, 1.82) is 0 Å². The van der Waals surface area contributed by atoms with Gasteiger partial charge in [-0.3, -0.25) is 0 Å². The fourth-order valence-electron chi connectivity index (χ4n) is 11.6. The first kappa shape index (κ1) is 48.3. The van der Waals surface area contributed by atoms with E-state index >= 15 is 0 Å². The Labute approximate surface area is 446 Å². The summed E-state index contributed by atoms with van der Waals surface area (Å²) in [6.45, 7) is 28.2. The summed E-state index contributed by atoms with van der Waals surface area (Å²) in [7, 11) is 0. The largest absolute Gasteiger partial charge is 0.311 e. The molecule has 10 aromatic rings. The zero-order valence-electron chi connectivity index (χ0n) is 45.9. The van der Waals surface area contributed by atoms with Crippen molar-refractivity contribution < 1.29 is 0 Å². The Morgan fingerprint density at radius 1 is 0.333 bits per heavy atom. The molecule has 75 heavy (non-hydrogen) atoms. The summed E-state index contributed by atoms with van der Waals surface area (Å²) >= 11 is 0. The molecule has 0 fully saturated rings. The Kier molecular flexibility index (Phi) is 11.2. The Morgan fingerprint density at radius 3 is 1.05 bits per heavy atom. The van der Waals surface area contributed by atoms with Crippen LogP contribution in [0.4, 0.5) is 34.1 Å². The van der Waals surface area contributed by atoms with Gasteiger partial charge in [-0.05, 0) is 131 Å². The Morgan fingerprint density at radius 2 is 0.680 bits per heavy atom. The van der Waals surface area contributed by atoms with Gasteiger partial charge in [0.15, 0.2) is 0 Å². The van der Waals surface area contributed by atoms with Crippen LogP contribution in [0.25, 0.3) is 55.2 Å². The third-order valence-corrected chi connectivity index (χ3v) is 16.0. The van der Waals surface area contributed by atoms with E-state index in [0.717, 1.165) is 33.6 Å². The minimum atomic E-state index is -0.102. The summed E-state index contributed by atoms with van der Waals surface area (Å²) in [5.41, 5.74) is 22.3. The Hall–Kier alpha value is -7.69. The number of anilines is 6. The molecule has 0 N–H and O–H groups in total. The number of nitrogens with zero attached hydrogens (tertiary/aromatic N) is 3. The first-order valence-corrected chi connectivity index (χ1v) is 27.0. The van der Waals surface area contributed by atoms with Crippen molar-refractivity contribution in [2.75, 3.05) is 9.80 Å². The standard InChI is InChI=1S/C71H68BN3/c1-68(2,3)51-39-52(69(4,5)6)42-55(41-51)74-63-37-50(49-35-61(47-25-15-13-16-26-47)73-62(36-49)48-27-17-14-18-28-48)38-64-65(63)72(59-33-31-45-23-19-21-29-57(45)66(59)74)60-34-32-46-24-20-22-30-58(46)67(60)75(64)56-43-53(70(7,8)9)40-54(44-56)71(10,11)12/h13-44H,1-12H3. The van der Waals surface area contributed by atoms with Crippen molar-refractivity contribution in [2.24, 2.45) is 0 Å². The fourth-order valence-corrected chi connectivity index (χ4v) is 11.6. The quantitative estimate of drug-likeness (QED) is 0.160. The second-order valence-corrected chi connectivity index (χ2v) is 25.4. The molecule has 0 unspecified atom stereocenters. The predicted molar refractivity (Wildman–Crippen MR) is 324 cm³/mol. The SMILES string of the molecule is CC(C)(C)c1cc(N2c3cc(-c4cc(-c5ccccc5)nc(-c5ccccc5)c4)cc4c3B(c3ccc5ccccc5c32)c2ccc3ccccc3c2N4c2cc(C(C)(C)C)cc(C(C)(C)C)c2)cc(C(C)(C)C)c1. The first-order valence-electron chi connectivity index (χ1n) is 27.0. The van der Waals surface area contributed by atoms with Crippen molar-refractivity contribution >= 4 is 78.8 Å². The molecule has 3 nitrogen and oxygen atoms in total. The topological polar surface area (TPSA) is 19.4 Å². The maximum Gasteiger partial charge on any atom is 0.252 e. The van der Waals surface area contributed by atoms with Crippen LogP contribution in [0.5, 0.6) is 0 Å². The van der Waals surface area contributed by atoms with E-state index in [1.165, 1.54) is 94.3 Å². The molecule has 3 heterocycles. The molecule has 0 saturated carbocycles. The van der Waals surface area contributed by atoms with E-state index in [9.17, 15) is 0 Å². The molecule has 0 radical (unpaired) electrons. The third-order valence-electron chi connectivity index (χ3n) is 16.0. The summed E-state index contributed by atoms with van der Waals surface area (Å²) in [6, 6.07) is 73.5. The van der Waals surface area contributed by atoms with Crippen LogP contribution in [-0.2, 0) is 21.7 Å². The number of fused-ring (bicyclic) bond motifs is 8. The Bertz CT molecular complexity index is 3570. The zero-order chi connectivity index (χ0) is 52.3. The maximum atomic E-state index is 5.42. The summed E-state index contributed by atoms with van der Waals surface area (Å²) in [5.74, 6) is 0. The van der Waals surface area contributed by atoms with E-state index in [4.69, 9.17) is 4.98 Å². The van der Waals surface area contributed by atoms with E-state index < -0.39 is 0 Å². The van der Waals surface area contributed by atoms with Gasteiger partial charge in [0.25, 0.3) is 6.71 Å². The van der Waals surface area contributed by atoms with Crippen LogP contribution >= 0.6 is 0 Å². The summed E-state index contributed by atoms with van der Waals surface area (Å²) in [5, 5.41) is 4.93. The number of benzene rings is 9. The van der Waals surface area contributed by atoms with Crippen molar-refractivity contribution in [3.05, 3.63) is 216 Å². The average Bonchev–Trinajstić information content (AvgIpc) is 3.40. The molecule has 2 aliphatic rings. The molecule has 0 amide bonds. The van der Waals surface area contributed by atoms with Crippen molar-refractivity contribution in [3.63, 3.8) is 0 Å². The van der Waals surface area contributed by atoms with Crippen LogP contribution in [0.1, 0.15) is 105 Å². The zero-order valence-corrected chi connectivity index (χ0v) is 45.9. The van der Waals surface area contributed by atoms with Gasteiger partial charge in [0.2, 0.25) is 0 Å². The number of rotatable bonds is 5. The molecule has 0 saturated heterocycles. The van der Waals surface area contributed by atoms with Crippen LogP contribution in [0.3, 0.4) is 0 Å². The lowest BCUT2D eigenvalue weighted by Crippen LogP contribution is -2.61. The van der Waals surface area contributed by atoms with Crippen molar-refractivity contribution in [3.8, 4) is 33.6 Å². The van der Waals surface area contributed by atoms with Gasteiger partial charge in [0.1, 0.15) is 0 Å². The molecular weight excluding hydrogens is 906 g/mol. The van der Waals surface area contributed by atoms with E-state index in [1.54, 1.807) is 0 Å². The highest BCUT2D eigenvalue weighted by Gasteiger charge is 2.45. The second kappa shape index (κ2) is 17.5. The van der Waals surface area contributed by atoms with E-state index in [2.05, 4.69) is 287 Å². The van der Waals surface area contributed by atoms with E-state index in [0.29, 0.717) is 0 Å². The third kappa shape index (κ3) is 8.44. The molecule has 12 rings (SSSR count). The highest BCUT2D eigenvalue weighted by atomic mass is 15.2. The van der Waals surface area contributed by atoms with Gasteiger partial charge in [-0.2, -0.15) is 0 Å². The lowest BCUT2D eigenvalue weighted by atomic mass is 9.33. The lowest BCUT2D eigenvalue weighted by Gasteiger charge is -2.46. The van der Waals surface area contributed by atoms with E-state index in [-0.39, 0.29) is 28.4 Å². The first-order chi connectivity index (χ1) is 35.7. The maximum absolute atomic E-state index is 5.42. The molecule has 0 spiro atoms. The monoisotopic (exact) mass is 974 g/mol. The minimum Gasteiger partial charge on any atom is -0.311 e. The van der Waals surface area contributed by atoms with Crippen LogP contribution in [-0.4, -0.2) is 11.7 Å². The molecular formula is C71H68BN3. The van der Waals surface area contributed by atoms with Gasteiger partial charge in [-0.15, -0.1) is 0 Å². The van der Waals surface area contributed by atoms with Gasteiger partial charge in [-0.1, -0.05) is 229 Å². The molecule has 0 aliphatic carbocycles. The molecule has 9 aromatic carbocycles. The van der Waals surface area contributed by atoms with Crippen molar-refractivity contribution in [1.82, 2.24) is 4.98 Å². The molecule has 4 heteroatoms. The summed E-state index contributed by atoms with van der Waals surface area (Å²) in [4.78, 5) is 10.7. The number of aromatic nitrogens is 1. The van der Waals surface area contributed by atoms with Crippen LogP contribution in [0.2, 0.25) is 0 Å². The van der Waals surface area contributed by atoms with Gasteiger partial charge >= 0.3 is 0 Å². The van der Waals surface area contributed by atoms with Crippen LogP contribution in [0, 0.1) is 0 Å². The summed E-state index contributed by atoms with van der Waals surface area (Å²) in [6.07, 6.45) is 0. The fraction of sp³-hybridized carbons (Fsp3) is 0.225. The lowest BCUT2D eigenvalue weighted by molar-refractivity contribution is 0.568. The van der Waals surface area contributed by atoms with Gasteiger partial charge in [0, 0.05) is 56.0 Å². The van der Waals surface area contributed by atoms with E-state index in [1.807, 2.05) is 0 Å². The molecule has 0 atom stereocenters. The van der Waals surface area contributed by atoms with Gasteiger partial charge in [-0.25, -0.2) is 4.98 Å². The Balaban J connectivity index is 1.28. The highest BCUT2D eigenvalue weighted by molar-refractivity contribution is 7.00. The molecule has 370 valence electrons. The van der Waals surface area contributed by atoms with Gasteiger partial charge < -0.3 is 9.80 Å². The molecule has 1 aromatic heterocycles. The second-order valence-electron chi connectivity index (χ2n) is 25.4. The number of hydrogen-bond donors (Lipinski definition) is 0. The summed E-state index contributed by atoms with van der Waals surface area (Å²) < 4.78 is 0. The van der Waals surface area contributed by atoms with Crippen LogP contribution < -0.4 is 26.2 Å². The van der Waals surface area contributed by atoms with Crippen LogP contribution in [0.15, 0.2) is 194 Å². The van der Waals surface area contributed by atoms with Crippen molar-refractivity contribution in [2.45, 2.75) is 105 Å². The smallest absolute Gasteiger partial charge is 0.252 e. The average molecular weight is 974 g/mol. The highest BCUT2D eigenvalue weighted by Crippen LogP contribution is 2.51. The number of pyridine rings is 1. The molecule has 0 bridgehead atoms. The molecule has 2 aliphatic heterocycles.